The van der Waals surface area contributed by atoms with Crippen LogP contribution < -0.4 is 0 Å². The van der Waals surface area contributed by atoms with E-state index in [-0.39, 0.29) is 11.2 Å². The SMILES string of the molecule is Cc1nn(C)c(C(=O)C(C#N)c2ccc(C(C)(C)C)cc2)c1C. The highest BCUT2D eigenvalue weighted by Crippen LogP contribution is 2.27. The third-order valence-electron chi connectivity index (χ3n) is 4.26. The lowest BCUT2D eigenvalue weighted by Crippen LogP contribution is -2.17. The smallest absolute Gasteiger partial charge is 0.202 e. The second kappa shape index (κ2) is 6.00. The molecule has 0 N–H and O–H groups in total. The summed E-state index contributed by atoms with van der Waals surface area (Å²) in [5.74, 6) is -1.01. The lowest BCUT2D eigenvalue weighted by molar-refractivity contribution is 0.0969. The maximum Gasteiger partial charge on any atom is 0.202 e. The number of nitrogens with zero attached hydrogens (tertiary/aromatic N) is 3. The highest BCUT2D eigenvalue weighted by Gasteiger charge is 2.27. The molecule has 0 aliphatic rings. The van der Waals surface area contributed by atoms with Gasteiger partial charge in [-0.2, -0.15) is 10.4 Å². The van der Waals surface area contributed by atoms with E-state index >= 15 is 0 Å². The molecular weight excluding hydrogens is 286 g/mol. The number of benzene rings is 1. The van der Waals surface area contributed by atoms with E-state index in [2.05, 4.69) is 31.9 Å². The molecule has 0 saturated heterocycles. The molecule has 1 heterocycles. The maximum absolute atomic E-state index is 12.8. The van der Waals surface area contributed by atoms with E-state index in [0.29, 0.717) is 5.69 Å². The van der Waals surface area contributed by atoms with Crippen molar-refractivity contribution < 1.29 is 4.79 Å². The van der Waals surface area contributed by atoms with E-state index in [1.807, 2.05) is 38.1 Å². The van der Waals surface area contributed by atoms with Crippen LogP contribution in [0.2, 0.25) is 0 Å². The average Bonchev–Trinajstić information content (AvgIpc) is 2.72. The van der Waals surface area contributed by atoms with Crippen LogP contribution in [0.5, 0.6) is 0 Å². The van der Waals surface area contributed by atoms with Crippen molar-refractivity contribution in [3.8, 4) is 6.07 Å². The number of hydrogen-bond donors (Lipinski definition) is 0. The van der Waals surface area contributed by atoms with E-state index in [1.165, 1.54) is 5.56 Å². The molecule has 0 bridgehead atoms. The van der Waals surface area contributed by atoms with Gasteiger partial charge in [-0.15, -0.1) is 0 Å². The first-order chi connectivity index (χ1) is 10.7. The number of aromatic nitrogens is 2. The van der Waals surface area contributed by atoms with Gasteiger partial charge in [0.05, 0.1) is 11.8 Å². The Morgan fingerprint density at radius 1 is 1.22 bits per heavy atom. The Kier molecular flexibility index (Phi) is 4.42. The molecule has 0 amide bonds. The van der Waals surface area contributed by atoms with Crippen LogP contribution in [-0.2, 0) is 12.5 Å². The highest BCUT2D eigenvalue weighted by molar-refractivity contribution is 6.02. The molecule has 0 aliphatic carbocycles. The first kappa shape index (κ1) is 17.0. The quantitative estimate of drug-likeness (QED) is 0.810. The zero-order valence-electron chi connectivity index (χ0n) is 14.6. The molecule has 23 heavy (non-hydrogen) atoms. The number of nitriles is 1. The summed E-state index contributed by atoms with van der Waals surface area (Å²) in [5, 5.41) is 13.8. The first-order valence-corrected chi connectivity index (χ1v) is 7.71. The van der Waals surface area contributed by atoms with Crippen LogP contribution in [-0.4, -0.2) is 15.6 Å². The van der Waals surface area contributed by atoms with E-state index in [0.717, 1.165) is 16.8 Å². The summed E-state index contributed by atoms with van der Waals surface area (Å²) in [6, 6.07) is 9.90. The summed E-state index contributed by atoms with van der Waals surface area (Å²) in [5.41, 5.74) is 4.11. The molecule has 4 nitrogen and oxygen atoms in total. The predicted molar refractivity (Wildman–Crippen MR) is 90.5 cm³/mol. The molecule has 0 fully saturated rings. The van der Waals surface area contributed by atoms with Crippen LogP contribution in [0.25, 0.3) is 0 Å². The minimum Gasteiger partial charge on any atom is -0.291 e. The molecule has 1 unspecified atom stereocenters. The van der Waals surface area contributed by atoms with Gasteiger partial charge >= 0.3 is 0 Å². The number of hydrogen-bond acceptors (Lipinski definition) is 3. The van der Waals surface area contributed by atoms with Crippen molar-refractivity contribution in [2.24, 2.45) is 7.05 Å². The van der Waals surface area contributed by atoms with Crippen LogP contribution in [0.1, 0.15) is 59.6 Å². The van der Waals surface area contributed by atoms with Crippen LogP contribution >= 0.6 is 0 Å². The number of carbonyl (C=O) groups is 1. The van der Waals surface area contributed by atoms with Crippen molar-refractivity contribution >= 4 is 5.78 Å². The fraction of sp³-hybridized carbons (Fsp3) is 0.421. The van der Waals surface area contributed by atoms with Crippen LogP contribution in [0, 0.1) is 25.2 Å². The standard InChI is InChI=1S/C19H23N3O/c1-12-13(2)21-22(6)17(12)18(23)16(11-20)14-7-9-15(10-8-14)19(3,4)5/h7-10,16H,1-6H3. The molecule has 4 heteroatoms. The molecule has 0 saturated carbocycles. The van der Waals surface area contributed by atoms with Crippen molar-refractivity contribution in [3.63, 3.8) is 0 Å². The number of carbonyl (C=O) groups excluding carboxylic acids is 1. The molecule has 2 aromatic rings. The summed E-state index contributed by atoms with van der Waals surface area (Å²) in [6.45, 7) is 10.1. The molecule has 1 aromatic heterocycles. The van der Waals surface area contributed by atoms with E-state index in [9.17, 15) is 10.1 Å². The van der Waals surface area contributed by atoms with Crippen molar-refractivity contribution in [2.45, 2.75) is 46.0 Å². The van der Waals surface area contributed by atoms with E-state index in [4.69, 9.17) is 0 Å². The summed E-state index contributed by atoms with van der Waals surface area (Å²) in [7, 11) is 1.74. The predicted octanol–water partition coefficient (Wildman–Crippen LogP) is 3.82. The number of ketones is 1. The van der Waals surface area contributed by atoms with Gasteiger partial charge in [0.1, 0.15) is 11.6 Å². The monoisotopic (exact) mass is 309 g/mol. The van der Waals surface area contributed by atoms with Gasteiger partial charge in [-0.3, -0.25) is 9.48 Å². The maximum atomic E-state index is 12.8. The Labute approximate surface area is 137 Å². The van der Waals surface area contributed by atoms with E-state index < -0.39 is 5.92 Å². The molecule has 120 valence electrons. The molecule has 0 radical (unpaired) electrons. The Morgan fingerprint density at radius 2 is 1.78 bits per heavy atom. The third kappa shape index (κ3) is 3.19. The average molecular weight is 309 g/mol. The van der Waals surface area contributed by atoms with Gasteiger partial charge in [0, 0.05) is 12.6 Å². The number of rotatable bonds is 3. The summed E-state index contributed by atoms with van der Waals surface area (Å²) < 4.78 is 1.57. The molecule has 2 rings (SSSR count). The molecule has 1 aromatic carbocycles. The van der Waals surface area contributed by atoms with Gasteiger partial charge in [0.25, 0.3) is 0 Å². The number of aryl methyl sites for hydroxylation is 2. The zero-order valence-corrected chi connectivity index (χ0v) is 14.6. The second-order valence-corrected chi connectivity index (χ2v) is 6.98. The fourth-order valence-electron chi connectivity index (χ4n) is 2.71. The van der Waals surface area contributed by atoms with Gasteiger partial charge in [-0.25, -0.2) is 0 Å². The molecule has 0 aliphatic heterocycles. The fourth-order valence-corrected chi connectivity index (χ4v) is 2.71. The Hall–Kier alpha value is -2.41. The zero-order chi connectivity index (χ0) is 17.4. The topological polar surface area (TPSA) is 58.7 Å². The molecular formula is C19H23N3O. The Bertz CT molecular complexity index is 771. The minimum absolute atomic E-state index is 0.0421. The van der Waals surface area contributed by atoms with Crippen LogP contribution in [0.15, 0.2) is 24.3 Å². The van der Waals surface area contributed by atoms with Gasteiger partial charge in [-0.1, -0.05) is 45.0 Å². The van der Waals surface area contributed by atoms with Crippen molar-refractivity contribution in [3.05, 3.63) is 52.3 Å². The lowest BCUT2D eigenvalue weighted by atomic mass is 9.85. The molecule has 1 atom stereocenters. The lowest BCUT2D eigenvalue weighted by Gasteiger charge is -2.19. The Balaban J connectivity index is 2.40. The van der Waals surface area contributed by atoms with Crippen molar-refractivity contribution in [1.82, 2.24) is 9.78 Å². The third-order valence-corrected chi connectivity index (χ3v) is 4.26. The van der Waals surface area contributed by atoms with Gasteiger partial charge in [-0.05, 0) is 30.4 Å². The van der Waals surface area contributed by atoms with Crippen molar-refractivity contribution in [2.75, 3.05) is 0 Å². The van der Waals surface area contributed by atoms with E-state index in [1.54, 1.807) is 11.7 Å². The van der Waals surface area contributed by atoms with Gasteiger partial charge in [0.2, 0.25) is 5.78 Å². The highest BCUT2D eigenvalue weighted by atomic mass is 16.1. The molecule has 0 spiro atoms. The van der Waals surface area contributed by atoms with Crippen LogP contribution in [0.3, 0.4) is 0 Å². The van der Waals surface area contributed by atoms with Gasteiger partial charge in [0.15, 0.2) is 0 Å². The summed E-state index contributed by atoms with van der Waals surface area (Å²) in [4.78, 5) is 12.8. The summed E-state index contributed by atoms with van der Waals surface area (Å²) >= 11 is 0. The number of Topliss-reactive ketones (excluding diaryl/α,β-unsaturated/α-hetero) is 1. The largest absolute Gasteiger partial charge is 0.291 e. The van der Waals surface area contributed by atoms with Crippen LogP contribution in [0.4, 0.5) is 0 Å². The van der Waals surface area contributed by atoms with Crippen molar-refractivity contribution in [1.29, 1.82) is 5.26 Å². The summed E-state index contributed by atoms with van der Waals surface area (Å²) in [6.07, 6.45) is 0. The first-order valence-electron chi connectivity index (χ1n) is 7.71. The normalized spacial score (nSPS) is 12.7. The van der Waals surface area contributed by atoms with Gasteiger partial charge < -0.3 is 0 Å². The minimum atomic E-state index is -0.808. The second-order valence-electron chi connectivity index (χ2n) is 6.98. The Morgan fingerprint density at radius 3 is 2.17 bits per heavy atom.